The maximum Gasteiger partial charge on any atom is 0.251 e. The van der Waals surface area contributed by atoms with E-state index in [0.717, 1.165) is 55.7 Å². The Balaban J connectivity index is 1.36. The molecule has 1 N–H and O–H groups in total. The van der Waals surface area contributed by atoms with Crippen LogP contribution in [0.25, 0.3) is 11.0 Å². The molecule has 2 fully saturated rings. The number of hydrogen-bond acceptors (Lipinski definition) is 4. The van der Waals surface area contributed by atoms with E-state index >= 15 is 0 Å². The molecule has 0 bridgehead atoms. The number of hydrogen-bond donors (Lipinski definition) is 1. The Morgan fingerprint density at radius 3 is 3.08 bits per heavy atom. The van der Waals surface area contributed by atoms with Gasteiger partial charge < -0.3 is 19.4 Å². The number of nitrogens with zero attached hydrogens (tertiary/aromatic N) is 2. The summed E-state index contributed by atoms with van der Waals surface area (Å²) in [6.07, 6.45) is 3.88. The standard InChI is InChI=1S/C20H27N3O3/c1-14(26-13-16-7-5-11-25-16)20(24)23-10-4-6-15(12-23)19-21-17-8-2-3-9-18(17)22-19/h2-3,8-9,14-16H,4-7,10-13H2,1H3,(H,21,22)/t14-,15+,16-/m0/s1. The fourth-order valence-electron chi connectivity index (χ4n) is 3.92. The van der Waals surface area contributed by atoms with E-state index in [-0.39, 0.29) is 17.9 Å². The minimum Gasteiger partial charge on any atom is -0.376 e. The summed E-state index contributed by atoms with van der Waals surface area (Å²) in [4.78, 5) is 22.9. The van der Waals surface area contributed by atoms with Crippen molar-refractivity contribution in [1.82, 2.24) is 14.9 Å². The fraction of sp³-hybridized carbons (Fsp3) is 0.600. The number of likely N-dealkylation sites (tertiary alicyclic amines) is 1. The number of aromatic nitrogens is 2. The summed E-state index contributed by atoms with van der Waals surface area (Å²) < 4.78 is 11.4. The fourth-order valence-corrected chi connectivity index (χ4v) is 3.92. The maximum atomic E-state index is 12.8. The average molecular weight is 357 g/mol. The molecule has 0 saturated carbocycles. The molecule has 0 radical (unpaired) electrons. The SMILES string of the molecule is C[C@H](OC[C@@H]1CCCO1)C(=O)N1CCC[C@@H](c2nc3ccccc3[nH]2)C1. The summed E-state index contributed by atoms with van der Waals surface area (Å²) in [5, 5.41) is 0. The quantitative estimate of drug-likeness (QED) is 0.893. The van der Waals surface area contributed by atoms with Gasteiger partial charge in [-0.3, -0.25) is 4.79 Å². The molecular formula is C20H27N3O3. The topological polar surface area (TPSA) is 67.5 Å². The molecule has 2 saturated heterocycles. The van der Waals surface area contributed by atoms with Crippen molar-refractivity contribution in [2.24, 2.45) is 0 Å². The number of rotatable bonds is 5. The van der Waals surface area contributed by atoms with Crippen molar-refractivity contribution in [3.8, 4) is 0 Å². The van der Waals surface area contributed by atoms with Gasteiger partial charge in [0.2, 0.25) is 0 Å². The summed E-state index contributed by atoms with van der Waals surface area (Å²) in [7, 11) is 0. The predicted octanol–water partition coefficient (Wildman–Crippen LogP) is 2.85. The number of H-pyrrole nitrogens is 1. The molecule has 26 heavy (non-hydrogen) atoms. The van der Waals surface area contributed by atoms with Crippen LogP contribution in [0, 0.1) is 0 Å². The van der Waals surface area contributed by atoms with Gasteiger partial charge >= 0.3 is 0 Å². The molecule has 6 heteroatoms. The van der Waals surface area contributed by atoms with E-state index in [1.807, 2.05) is 36.1 Å². The third-order valence-electron chi connectivity index (χ3n) is 5.43. The number of nitrogens with one attached hydrogen (secondary N) is 1. The molecule has 2 aliphatic rings. The number of benzene rings is 1. The molecule has 0 spiro atoms. The van der Waals surface area contributed by atoms with Gasteiger partial charge in [0.25, 0.3) is 5.91 Å². The first-order chi connectivity index (χ1) is 12.7. The predicted molar refractivity (Wildman–Crippen MR) is 99.0 cm³/mol. The molecule has 2 aromatic rings. The van der Waals surface area contributed by atoms with Gasteiger partial charge in [0.05, 0.1) is 23.7 Å². The van der Waals surface area contributed by atoms with Gasteiger partial charge in [-0.05, 0) is 44.7 Å². The number of ether oxygens (including phenoxy) is 2. The van der Waals surface area contributed by atoms with Gasteiger partial charge in [0.1, 0.15) is 11.9 Å². The van der Waals surface area contributed by atoms with Crippen LogP contribution in [-0.4, -0.2) is 59.3 Å². The highest BCUT2D eigenvalue weighted by molar-refractivity contribution is 5.80. The molecular weight excluding hydrogens is 330 g/mol. The van der Waals surface area contributed by atoms with E-state index in [2.05, 4.69) is 4.98 Å². The number of aromatic amines is 1. The third-order valence-corrected chi connectivity index (χ3v) is 5.43. The number of para-hydroxylation sites is 2. The second-order valence-electron chi connectivity index (χ2n) is 7.37. The number of fused-ring (bicyclic) bond motifs is 1. The van der Waals surface area contributed by atoms with Crippen LogP contribution in [-0.2, 0) is 14.3 Å². The van der Waals surface area contributed by atoms with Crippen LogP contribution in [0.3, 0.4) is 0 Å². The minimum absolute atomic E-state index is 0.0730. The summed E-state index contributed by atoms with van der Waals surface area (Å²) in [5.74, 6) is 1.31. The third kappa shape index (κ3) is 3.76. The van der Waals surface area contributed by atoms with E-state index in [0.29, 0.717) is 13.2 Å². The summed E-state index contributed by atoms with van der Waals surface area (Å²) >= 11 is 0. The molecule has 3 heterocycles. The molecule has 140 valence electrons. The number of amides is 1. The van der Waals surface area contributed by atoms with E-state index < -0.39 is 6.10 Å². The number of imidazole rings is 1. The van der Waals surface area contributed by atoms with Gasteiger partial charge in [0, 0.05) is 25.6 Å². The average Bonchev–Trinajstić information content (AvgIpc) is 3.35. The number of carbonyl (C=O) groups excluding carboxylic acids is 1. The second-order valence-corrected chi connectivity index (χ2v) is 7.37. The minimum atomic E-state index is -0.423. The van der Waals surface area contributed by atoms with Crippen LogP contribution in [0.4, 0.5) is 0 Å². The number of piperidine rings is 1. The van der Waals surface area contributed by atoms with Gasteiger partial charge in [-0.15, -0.1) is 0 Å². The lowest BCUT2D eigenvalue weighted by Gasteiger charge is -2.33. The molecule has 4 rings (SSSR count). The normalized spacial score (nSPS) is 24.9. The van der Waals surface area contributed by atoms with E-state index in [4.69, 9.17) is 14.5 Å². The lowest BCUT2D eigenvalue weighted by atomic mass is 9.97. The van der Waals surface area contributed by atoms with Crippen LogP contribution in [0.2, 0.25) is 0 Å². The molecule has 0 aliphatic carbocycles. The summed E-state index contributed by atoms with van der Waals surface area (Å²) in [6, 6.07) is 8.06. The lowest BCUT2D eigenvalue weighted by Crippen LogP contribution is -2.45. The molecule has 6 nitrogen and oxygen atoms in total. The molecule has 1 aromatic heterocycles. The smallest absolute Gasteiger partial charge is 0.251 e. The highest BCUT2D eigenvalue weighted by Gasteiger charge is 2.30. The van der Waals surface area contributed by atoms with E-state index in [1.165, 1.54) is 0 Å². The first-order valence-corrected chi connectivity index (χ1v) is 9.67. The Kier molecular flexibility index (Phi) is 5.22. The van der Waals surface area contributed by atoms with Crippen molar-refractivity contribution in [2.75, 3.05) is 26.3 Å². The Morgan fingerprint density at radius 2 is 2.27 bits per heavy atom. The lowest BCUT2D eigenvalue weighted by molar-refractivity contribution is -0.145. The Morgan fingerprint density at radius 1 is 1.38 bits per heavy atom. The zero-order valence-corrected chi connectivity index (χ0v) is 15.3. The zero-order chi connectivity index (χ0) is 17.9. The van der Waals surface area contributed by atoms with Gasteiger partial charge in [-0.1, -0.05) is 12.1 Å². The van der Waals surface area contributed by atoms with Crippen molar-refractivity contribution in [2.45, 2.75) is 50.7 Å². The maximum absolute atomic E-state index is 12.8. The molecule has 0 unspecified atom stereocenters. The van der Waals surface area contributed by atoms with Crippen molar-refractivity contribution < 1.29 is 14.3 Å². The Labute approximate surface area is 153 Å². The van der Waals surface area contributed by atoms with Crippen molar-refractivity contribution in [3.63, 3.8) is 0 Å². The van der Waals surface area contributed by atoms with Crippen molar-refractivity contribution >= 4 is 16.9 Å². The number of carbonyl (C=O) groups is 1. The van der Waals surface area contributed by atoms with E-state index in [1.54, 1.807) is 0 Å². The van der Waals surface area contributed by atoms with Gasteiger partial charge in [-0.2, -0.15) is 0 Å². The highest BCUT2D eigenvalue weighted by Crippen LogP contribution is 2.27. The molecule has 1 amide bonds. The van der Waals surface area contributed by atoms with Crippen LogP contribution >= 0.6 is 0 Å². The van der Waals surface area contributed by atoms with Crippen LogP contribution in [0.15, 0.2) is 24.3 Å². The Bertz CT molecular complexity index is 721. The first kappa shape index (κ1) is 17.5. The van der Waals surface area contributed by atoms with Crippen LogP contribution in [0.5, 0.6) is 0 Å². The van der Waals surface area contributed by atoms with Crippen LogP contribution in [0.1, 0.15) is 44.3 Å². The second kappa shape index (κ2) is 7.76. The zero-order valence-electron chi connectivity index (χ0n) is 15.3. The van der Waals surface area contributed by atoms with Crippen molar-refractivity contribution in [3.05, 3.63) is 30.1 Å². The monoisotopic (exact) mass is 357 g/mol. The first-order valence-electron chi connectivity index (χ1n) is 9.67. The highest BCUT2D eigenvalue weighted by atomic mass is 16.5. The molecule has 1 aromatic carbocycles. The van der Waals surface area contributed by atoms with Gasteiger partial charge in [-0.25, -0.2) is 4.98 Å². The van der Waals surface area contributed by atoms with E-state index in [9.17, 15) is 4.79 Å². The van der Waals surface area contributed by atoms with Crippen LogP contribution < -0.4 is 0 Å². The molecule has 3 atom stereocenters. The van der Waals surface area contributed by atoms with Gasteiger partial charge in [0.15, 0.2) is 0 Å². The largest absolute Gasteiger partial charge is 0.376 e. The summed E-state index contributed by atoms with van der Waals surface area (Å²) in [6.45, 7) is 4.66. The molecule has 2 aliphatic heterocycles. The summed E-state index contributed by atoms with van der Waals surface area (Å²) in [5.41, 5.74) is 2.04. The Hall–Kier alpha value is -1.92. The van der Waals surface area contributed by atoms with Crippen molar-refractivity contribution in [1.29, 1.82) is 0 Å².